The molecule has 26 heavy (non-hydrogen) atoms. The van der Waals surface area contributed by atoms with E-state index in [0.29, 0.717) is 22.5 Å². The molecule has 7 nitrogen and oxygen atoms in total. The number of hydrogen-bond acceptors (Lipinski definition) is 4. The summed E-state index contributed by atoms with van der Waals surface area (Å²) in [6.07, 6.45) is 1.93. The number of phenolic OH excluding ortho intramolecular Hbond substituents is 1. The molecule has 0 aliphatic heterocycles. The lowest BCUT2D eigenvalue weighted by Gasteiger charge is -2.05. The molecule has 1 aromatic heterocycles. The van der Waals surface area contributed by atoms with Gasteiger partial charge in [-0.25, -0.2) is 4.98 Å². The minimum absolute atomic E-state index is 0.0142. The molecule has 0 bridgehead atoms. The number of nitrogens with two attached hydrogens (primary N) is 1. The van der Waals surface area contributed by atoms with E-state index in [4.69, 9.17) is 16.2 Å². The van der Waals surface area contributed by atoms with Crippen molar-refractivity contribution in [2.45, 2.75) is 12.8 Å². The first-order valence-electron chi connectivity index (χ1n) is 7.98. The van der Waals surface area contributed by atoms with Gasteiger partial charge in [0.25, 0.3) is 0 Å². The summed E-state index contributed by atoms with van der Waals surface area (Å²) >= 11 is 0. The van der Waals surface area contributed by atoms with Crippen LogP contribution in [0.1, 0.15) is 17.5 Å². The zero-order valence-corrected chi connectivity index (χ0v) is 13.9. The Morgan fingerprint density at radius 1 is 1.15 bits per heavy atom. The second kappa shape index (κ2) is 7.10. The van der Waals surface area contributed by atoms with Crippen LogP contribution in [0, 0.1) is 5.41 Å². The largest absolute Gasteiger partial charge is 0.508 e. The highest BCUT2D eigenvalue weighted by Gasteiger charge is 2.10. The molecule has 0 atom stereocenters. The van der Waals surface area contributed by atoms with Crippen molar-refractivity contribution in [2.24, 2.45) is 5.73 Å². The lowest BCUT2D eigenvalue weighted by Crippen LogP contribution is -2.10. The summed E-state index contributed by atoms with van der Waals surface area (Å²) in [5, 5.41) is 26.3. The molecule has 7 heteroatoms. The molecule has 0 spiro atoms. The summed E-state index contributed by atoms with van der Waals surface area (Å²) < 4.78 is 0. The molecule has 3 rings (SSSR count). The van der Waals surface area contributed by atoms with Crippen LogP contribution in [0.2, 0.25) is 0 Å². The first-order chi connectivity index (χ1) is 12.4. The summed E-state index contributed by atoms with van der Waals surface area (Å²) in [6, 6.07) is 12.3. The predicted octanol–water partition coefficient (Wildman–Crippen LogP) is 2.75. The van der Waals surface area contributed by atoms with E-state index < -0.39 is 5.97 Å². The van der Waals surface area contributed by atoms with Crippen molar-refractivity contribution < 1.29 is 15.0 Å². The van der Waals surface area contributed by atoms with Crippen LogP contribution in [-0.4, -0.2) is 32.0 Å². The lowest BCUT2D eigenvalue weighted by atomic mass is 10.1. The van der Waals surface area contributed by atoms with Gasteiger partial charge < -0.3 is 20.9 Å². The maximum atomic E-state index is 10.7. The van der Waals surface area contributed by atoms with Gasteiger partial charge >= 0.3 is 5.97 Å². The van der Waals surface area contributed by atoms with Crippen molar-refractivity contribution in [2.75, 3.05) is 0 Å². The van der Waals surface area contributed by atoms with E-state index in [0.717, 1.165) is 11.3 Å². The third kappa shape index (κ3) is 3.72. The maximum Gasteiger partial charge on any atom is 0.303 e. The Balaban J connectivity index is 1.82. The van der Waals surface area contributed by atoms with Crippen LogP contribution in [0.3, 0.4) is 0 Å². The van der Waals surface area contributed by atoms with Crippen LogP contribution in [-0.2, 0) is 11.2 Å². The molecule has 2 aromatic carbocycles. The smallest absolute Gasteiger partial charge is 0.303 e. The van der Waals surface area contributed by atoms with Crippen molar-refractivity contribution >= 4 is 11.8 Å². The number of nitrogens with zero attached hydrogens (tertiary/aromatic N) is 1. The number of aromatic hydroxyl groups is 1. The molecule has 0 aliphatic rings. The second-order valence-corrected chi connectivity index (χ2v) is 5.87. The Kier molecular flexibility index (Phi) is 4.70. The molecular weight excluding hydrogens is 332 g/mol. The lowest BCUT2D eigenvalue weighted by molar-refractivity contribution is -0.136. The molecule has 6 N–H and O–H groups in total. The Bertz CT molecular complexity index is 961. The van der Waals surface area contributed by atoms with Crippen LogP contribution >= 0.6 is 0 Å². The van der Waals surface area contributed by atoms with Crippen molar-refractivity contribution in [3.05, 3.63) is 59.8 Å². The van der Waals surface area contributed by atoms with Crippen LogP contribution in [0.5, 0.6) is 5.75 Å². The highest BCUT2D eigenvalue weighted by molar-refractivity contribution is 5.95. The monoisotopic (exact) mass is 350 g/mol. The first-order valence-corrected chi connectivity index (χ1v) is 7.98. The SMILES string of the molecule is N=C(N)c1ccc(-c2cnc(-c3ccc(CCC(=O)O)c(O)c3)[nH]2)cc1. The number of phenols is 1. The number of carboxylic acid groups (broad SMARTS) is 1. The number of H-pyrrole nitrogens is 1. The molecule has 0 saturated carbocycles. The van der Waals surface area contributed by atoms with Crippen LogP contribution < -0.4 is 5.73 Å². The van der Waals surface area contributed by atoms with Gasteiger partial charge in [0, 0.05) is 17.5 Å². The van der Waals surface area contributed by atoms with E-state index in [1.54, 1.807) is 36.5 Å². The van der Waals surface area contributed by atoms with E-state index in [1.165, 1.54) is 0 Å². The number of benzene rings is 2. The van der Waals surface area contributed by atoms with Crippen molar-refractivity contribution in [1.29, 1.82) is 5.41 Å². The molecule has 0 saturated heterocycles. The fraction of sp³-hybridized carbons (Fsp3) is 0.105. The number of amidine groups is 1. The number of aromatic nitrogens is 2. The molecule has 0 radical (unpaired) electrons. The number of nitrogen functional groups attached to an aromatic ring is 1. The van der Waals surface area contributed by atoms with E-state index in [-0.39, 0.29) is 24.4 Å². The number of rotatable bonds is 6. The molecular formula is C19H18N4O3. The topological polar surface area (TPSA) is 136 Å². The highest BCUT2D eigenvalue weighted by atomic mass is 16.4. The van der Waals surface area contributed by atoms with Gasteiger partial charge in [0.1, 0.15) is 17.4 Å². The Labute approximate surface area is 149 Å². The van der Waals surface area contributed by atoms with E-state index in [9.17, 15) is 9.90 Å². The Morgan fingerprint density at radius 3 is 2.46 bits per heavy atom. The number of aryl methyl sites for hydroxylation is 1. The van der Waals surface area contributed by atoms with Gasteiger partial charge in [-0.2, -0.15) is 0 Å². The number of aromatic amines is 1. The number of hydrogen-bond donors (Lipinski definition) is 5. The van der Waals surface area contributed by atoms with E-state index in [1.807, 2.05) is 12.1 Å². The van der Waals surface area contributed by atoms with Gasteiger partial charge in [-0.15, -0.1) is 0 Å². The third-order valence-corrected chi connectivity index (χ3v) is 4.05. The number of carbonyl (C=O) groups is 1. The van der Waals surface area contributed by atoms with Gasteiger partial charge in [0.05, 0.1) is 11.9 Å². The summed E-state index contributed by atoms with van der Waals surface area (Å²) in [5.41, 5.74) is 9.09. The standard InChI is InChI=1S/C19H18N4O3/c20-18(21)13-4-1-11(2-5-13)15-10-22-19(23-15)14-6-3-12(16(24)9-14)7-8-17(25)26/h1-6,9-10,24H,7-8H2,(H3,20,21)(H,22,23)(H,25,26). The number of nitrogens with one attached hydrogen (secondary N) is 2. The Morgan fingerprint density at radius 2 is 1.85 bits per heavy atom. The highest BCUT2D eigenvalue weighted by Crippen LogP contribution is 2.27. The maximum absolute atomic E-state index is 10.7. The van der Waals surface area contributed by atoms with E-state index in [2.05, 4.69) is 9.97 Å². The zero-order chi connectivity index (χ0) is 18.7. The van der Waals surface area contributed by atoms with Crippen molar-refractivity contribution in [1.82, 2.24) is 9.97 Å². The van der Waals surface area contributed by atoms with Crippen molar-refractivity contribution in [3.8, 4) is 28.4 Å². The van der Waals surface area contributed by atoms with Gasteiger partial charge in [0.2, 0.25) is 0 Å². The van der Waals surface area contributed by atoms with Gasteiger partial charge in [-0.1, -0.05) is 36.4 Å². The van der Waals surface area contributed by atoms with E-state index >= 15 is 0 Å². The first kappa shape index (κ1) is 17.2. The minimum atomic E-state index is -0.903. The van der Waals surface area contributed by atoms with Gasteiger partial charge in [-0.05, 0) is 23.6 Å². The second-order valence-electron chi connectivity index (χ2n) is 5.87. The molecule has 0 amide bonds. The van der Waals surface area contributed by atoms with Gasteiger partial charge in [-0.3, -0.25) is 10.2 Å². The molecule has 0 aliphatic carbocycles. The summed E-state index contributed by atoms with van der Waals surface area (Å²) in [7, 11) is 0. The average molecular weight is 350 g/mol. The number of aliphatic carboxylic acids is 1. The van der Waals surface area contributed by atoms with Crippen molar-refractivity contribution in [3.63, 3.8) is 0 Å². The Hall–Kier alpha value is -3.61. The number of carboxylic acids is 1. The van der Waals surface area contributed by atoms with Gasteiger partial charge in [0.15, 0.2) is 0 Å². The summed E-state index contributed by atoms with van der Waals surface area (Å²) in [6.45, 7) is 0. The zero-order valence-electron chi connectivity index (χ0n) is 13.9. The summed E-state index contributed by atoms with van der Waals surface area (Å²) in [5.74, 6) is -0.247. The van der Waals surface area contributed by atoms with Crippen LogP contribution in [0.4, 0.5) is 0 Å². The molecule has 132 valence electrons. The minimum Gasteiger partial charge on any atom is -0.508 e. The predicted molar refractivity (Wildman–Crippen MR) is 98.1 cm³/mol. The fourth-order valence-corrected chi connectivity index (χ4v) is 2.61. The summed E-state index contributed by atoms with van der Waals surface area (Å²) in [4.78, 5) is 18.2. The molecule has 1 heterocycles. The fourth-order valence-electron chi connectivity index (χ4n) is 2.61. The number of imidazole rings is 1. The third-order valence-electron chi connectivity index (χ3n) is 4.05. The molecule has 0 unspecified atom stereocenters. The average Bonchev–Trinajstić information content (AvgIpc) is 3.10. The molecule has 0 fully saturated rings. The quantitative estimate of drug-likeness (QED) is 0.344. The van der Waals surface area contributed by atoms with Crippen LogP contribution in [0.15, 0.2) is 48.7 Å². The molecule has 3 aromatic rings. The van der Waals surface area contributed by atoms with Crippen LogP contribution in [0.25, 0.3) is 22.6 Å². The normalized spacial score (nSPS) is 10.6.